The smallest absolute Gasteiger partial charge is 0.292 e. The average Bonchev–Trinajstić information content (AvgIpc) is 3.03. The highest BCUT2D eigenvalue weighted by Crippen LogP contribution is 2.28. The molecule has 1 aliphatic rings. The van der Waals surface area contributed by atoms with Gasteiger partial charge in [-0.3, -0.25) is 4.89 Å². The molecule has 21 heavy (non-hydrogen) atoms. The fourth-order valence-electron chi connectivity index (χ4n) is 2.56. The van der Waals surface area contributed by atoms with Crippen molar-refractivity contribution in [2.75, 3.05) is 0 Å². The van der Waals surface area contributed by atoms with E-state index in [4.69, 9.17) is 9.78 Å². The lowest BCUT2D eigenvalue weighted by atomic mass is 10.0. The third kappa shape index (κ3) is 5.50. The molecular formula is C18H25O3. The lowest BCUT2D eigenvalue weighted by Crippen LogP contribution is -2.08. The Balaban J connectivity index is 1.73. The van der Waals surface area contributed by atoms with Crippen molar-refractivity contribution < 1.29 is 14.6 Å². The summed E-state index contributed by atoms with van der Waals surface area (Å²) in [5.41, 5.74) is 1.82. The Morgan fingerprint density at radius 2 is 1.76 bits per heavy atom. The van der Waals surface area contributed by atoms with Crippen molar-refractivity contribution in [2.45, 2.75) is 64.7 Å². The molecular weight excluding hydrogens is 264 g/mol. The number of carbonyl (C=O) groups excluding carboxylic acids is 1. The molecule has 0 spiro atoms. The molecule has 3 heteroatoms. The first-order chi connectivity index (χ1) is 10.3. The van der Waals surface area contributed by atoms with Crippen LogP contribution >= 0.6 is 0 Å². The van der Waals surface area contributed by atoms with E-state index in [9.17, 15) is 4.79 Å². The Morgan fingerprint density at radius 3 is 2.43 bits per heavy atom. The van der Waals surface area contributed by atoms with E-state index in [-0.39, 0.29) is 0 Å². The Hall–Kier alpha value is -1.35. The largest absolute Gasteiger partial charge is 0.373 e. The van der Waals surface area contributed by atoms with Gasteiger partial charge in [0.25, 0.3) is 0 Å². The minimum absolute atomic E-state index is 0.410. The Labute approximate surface area is 127 Å². The predicted octanol–water partition coefficient (Wildman–Crippen LogP) is 5.00. The fraction of sp³-hybridized carbons (Fsp3) is 0.556. The van der Waals surface area contributed by atoms with Crippen molar-refractivity contribution in [3.63, 3.8) is 0 Å². The first kappa shape index (κ1) is 16.0. The van der Waals surface area contributed by atoms with Gasteiger partial charge in [0.05, 0.1) is 5.56 Å². The van der Waals surface area contributed by atoms with Crippen LogP contribution in [0.25, 0.3) is 0 Å². The first-order valence-electron chi connectivity index (χ1n) is 8.12. The molecule has 1 aromatic carbocycles. The van der Waals surface area contributed by atoms with E-state index in [2.05, 4.69) is 6.92 Å². The Kier molecular flexibility index (Phi) is 6.74. The Morgan fingerprint density at radius 1 is 1.05 bits per heavy atom. The minimum Gasteiger partial charge on any atom is -0.292 e. The van der Waals surface area contributed by atoms with Gasteiger partial charge in [0, 0.05) is 0 Å². The van der Waals surface area contributed by atoms with Crippen LogP contribution in [0.3, 0.4) is 0 Å². The summed E-state index contributed by atoms with van der Waals surface area (Å²) in [6.07, 6.45) is 11.0. The molecule has 0 N–H and O–H groups in total. The zero-order chi connectivity index (χ0) is 14.9. The van der Waals surface area contributed by atoms with Crippen molar-refractivity contribution in [2.24, 2.45) is 0 Å². The highest BCUT2D eigenvalue weighted by molar-refractivity contribution is 5.88. The summed E-state index contributed by atoms with van der Waals surface area (Å²) in [4.78, 5) is 21.8. The van der Waals surface area contributed by atoms with Gasteiger partial charge >= 0.3 is 5.97 Å². The second-order valence-electron chi connectivity index (χ2n) is 5.71. The standard InChI is InChI=1S/C18H25O3/c1-2-3-4-5-8-15-11-13-16(14-12-15)18(19)21-20-17-9-6-7-10-17/h11-14H,2-10H2,1H3. The summed E-state index contributed by atoms with van der Waals surface area (Å²) in [7, 11) is 0. The molecule has 1 fully saturated rings. The first-order valence-corrected chi connectivity index (χ1v) is 8.12. The third-order valence-corrected chi connectivity index (χ3v) is 3.91. The molecule has 0 heterocycles. The Bertz CT molecular complexity index is 419. The number of aryl methyl sites for hydroxylation is 1. The van der Waals surface area contributed by atoms with Crippen molar-refractivity contribution in [3.05, 3.63) is 41.5 Å². The lowest BCUT2D eigenvalue weighted by Gasteiger charge is -2.08. The third-order valence-electron chi connectivity index (χ3n) is 3.91. The second-order valence-corrected chi connectivity index (χ2v) is 5.71. The zero-order valence-corrected chi connectivity index (χ0v) is 12.9. The summed E-state index contributed by atoms with van der Waals surface area (Å²) in [6, 6.07) is 7.65. The van der Waals surface area contributed by atoms with Gasteiger partial charge in [0.15, 0.2) is 0 Å². The van der Waals surface area contributed by atoms with E-state index in [1.165, 1.54) is 31.2 Å². The van der Waals surface area contributed by atoms with Crippen LogP contribution in [0.5, 0.6) is 0 Å². The summed E-state index contributed by atoms with van der Waals surface area (Å²) in [6.45, 7) is 2.21. The molecule has 0 unspecified atom stereocenters. The van der Waals surface area contributed by atoms with Gasteiger partial charge in [-0.2, -0.15) is 4.89 Å². The molecule has 0 aromatic heterocycles. The molecule has 1 radical (unpaired) electrons. The molecule has 2 rings (SSSR count). The number of benzene rings is 1. The van der Waals surface area contributed by atoms with Gasteiger partial charge in [0.2, 0.25) is 0 Å². The normalized spacial score (nSPS) is 15.3. The summed E-state index contributed by atoms with van der Waals surface area (Å²) >= 11 is 0. The summed E-state index contributed by atoms with van der Waals surface area (Å²) < 4.78 is 0. The van der Waals surface area contributed by atoms with E-state index >= 15 is 0 Å². The topological polar surface area (TPSA) is 35.5 Å². The van der Waals surface area contributed by atoms with Crippen LogP contribution in [0.2, 0.25) is 0 Å². The van der Waals surface area contributed by atoms with Crippen LogP contribution in [0.1, 0.15) is 74.2 Å². The zero-order valence-electron chi connectivity index (χ0n) is 12.9. The predicted molar refractivity (Wildman–Crippen MR) is 82.5 cm³/mol. The molecule has 0 saturated heterocycles. The highest BCUT2D eigenvalue weighted by Gasteiger charge is 2.20. The average molecular weight is 289 g/mol. The van der Waals surface area contributed by atoms with Crippen LogP contribution in [0, 0.1) is 6.10 Å². The van der Waals surface area contributed by atoms with Crippen LogP contribution in [-0.2, 0) is 16.2 Å². The second kappa shape index (κ2) is 8.83. The molecule has 1 aromatic rings. The molecule has 1 saturated carbocycles. The fourth-order valence-corrected chi connectivity index (χ4v) is 2.56. The van der Waals surface area contributed by atoms with Crippen molar-refractivity contribution in [3.8, 4) is 0 Å². The van der Waals surface area contributed by atoms with Crippen LogP contribution in [-0.4, -0.2) is 5.97 Å². The van der Waals surface area contributed by atoms with E-state index in [1.807, 2.05) is 24.3 Å². The van der Waals surface area contributed by atoms with Crippen LogP contribution in [0.15, 0.2) is 24.3 Å². The SMILES string of the molecule is CCCCCCc1ccc(C(=O)OO[C]2CCCC2)cc1. The molecule has 0 aliphatic heterocycles. The number of hydrogen-bond donors (Lipinski definition) is 0. The molecule has 3 nitrogen and oxygen atoms in total. The quantitative estimate of drug-likeness (QED) is 0.383. The van der Waals surface area contributed by atoms with Crippen LogP contribution < -0.4 is 0 Å². The molecule has 0 amide bonds. The van der Waals surface area contributed by atoms with Gasteiger partial charge in [-0.15, -0.1) is 0 Å². The number of carbonyl (C=O) groups is 1. The maximum absolute atomic E-state index is 11.9. The van der Waals surface area contributed by atoms with Gasteiger partial charge in [0.1, 0.15) is 6.10 Å². The van der Waals surface area contributed by atoms with Crippen molar-refractivity contribution in [1.29, 1.82) is 0 Å². The van der Waals surface area contributed by atoms with Gasteiger partial charge < -0.3 is 0 Å². The monoisotopic (exact) mass is 289 g/mol. The molecule has 1 aliphatic carbocycles. The number of hydrogen-bond acceptors (Lipinski definition) is 3. The number of rotatable bonds is 8. The molecule has 0 atom stereocenters. The van der Waals surface area contributed by atoms with E-state index in [0.29, 0.717) is 5.56 Å². The lowest BCUT2D eigenvalue weighted by molar-refractivity contribution is -0.234. The van der Waals surface area contributed by atoms with E-state index in [1.54, 1.807) is 0 Å². The minimum atomic E-state index is -0.410. The van der Waals surface area contributed by atoms with Crippen molar-refractivity contribution >= 4 is 5.97 Å². The molecule has 0 bridgehead atoms. The van der Waals surface area contributed by atoms with E-state index in [0.717, 1.165) is 38.2 Å². The summed E-state index contributed by atoms with van der Waals surface area (Å²) in [5, 5.41) is 0. The highest BCUT2D eigenvalue weighted by atomic mass is 17.2. The van der Waals surface area contributed by atoms with Gasteiger partial charge in [-0.25, -0.2) is 4.79 Å². The van der Waals surface area contributed by atoms with Gasteiger partial charge in [-0.05, 0) is 43.4 Å². The molecule has 115 valence electrons. The maximum atomic E-state index is 11.9. The maximum Gasteiger partial charge on any atom is 0.373 e. The van der Waals surface area contributed by atoms with E-state index < -0.39 is 5.97 Å². The number of unbranched alkanes of at least 4 members (excludes halogenated alkanes) is 3. The van der Waals surface area contributed by atoms with Crippen molar-refractivity contribution in [1.82, 2.24) is 0 Å². The van der Waals surface area contributed by atoms with Crippen LogP contribution in [0.4, 0.5) is 0 Å². The van der Waals surface area contributed by atoms with Gasteiger partial charge in [-0.1, -0.05) is 51.2 Å². The summed E-state index contributed by atoms with van der Waals surface area (Å²) in [5.74, 6) is -0.410.